The van der Waals surface area contributed by atoms with Crippen molar-refractivity contribution >= 4 is 35.1 Å². The lowest BCUT2D eigenvalue weighted by molar-refractivity contribution is -0.113. The van der Waals surface area contributed by atoms with Gasteiger partial charge in [0.2, 0.25) is 5.91 Å². The third-order valence-corrected chi connectivity index (χ3v) is 4.97. The zero-order valence-electron chi connectivity index (χ0n) is 15.6. The summed E-state index contributed by atoms with van der Waals surface area (Å²) in [5, 5.41) is 12.5. The largest absolute Gasteiger partial charge is 0.494 e. The quantitative estimate of drug-likeness (QED) is 0.554. The van der Waals surface area contributed by atoms with Crippen molar-refractivity contribution in [1.29, 1.82) is 0 Å². The zero-order valence-corrected chi connectivity index (χ0v) is 17.1. The molecule has 2 heterocycles. The summed E-state index contributed by atoms with van der Waals surface area (Å²) in [6, 6.07) is 11.1. The number of carbonyl (C=O) groups is 1. The lowest BCUT2D eigenvalue weighted by atomic mass is 10.2. The van der Waals surface area contributed by atoms with Gasteiger partial charge in [0.15, 0.2) is 11.0 Å². The van der Waals surface area contributed by atoms with E-state index in [1.54, 1.807) is 12.1 Å². The highest BCUT2D eigenvalue weighted by Crippen LogP contribution is 2.25. The van der Waals surface area contributed by atoms with E-state index in [2.05, 4.69) is 20.5 Å². The zero-order chi connectivity index (χ0) is 19.9. The second-order valence-corrected chi connectivity index (χ2v) is 7.09. The van der Waals surface area contributed by atoms with E-state index >= 15 is 0 Å². The third kappa shape index (κ3) is 5.02. The molecule has 2 aromatic heterocycles. The van der Waals surface area contributed by atoms with E-state index in [0.29, 0.717) is 29.1 Å². The van der Waals surface area contributed by atoms with Crippen LogP contribution in [0.5, 0.6) is 5.75 Å². The number of aromatic nitrogens is 4. The van der Waals surface area contributed by atoms with Gasteiger partial charge in [-0.3, -0.25) is 4.79 Å². The highest BCUT2D eigenvalue weighted by atomic mass is 35.5. The molecule has 9 heteroatoms. The molecular formula is C19H20ClN5O2S. The van der Waals surface area contributed by atoms with E-state index in [1.165, 1.54) is 18.0 Å². The minimum Gasteiger partial charge on any atom is -0.494 e. The maximum absolute atomic E-state index is 12.2. The van der Waals surface area contributed by atoms with E-state index < -0.39 is 0 Å². The molecule has 0 saturated heterocycles. The molecule has 7 nitrogen and oxygen atoms in total. The van der Waals surface area contributed by atoms with Gasteiger partial charge in [-0.05, 0) is 50.2 Å². The highest BCUT2D eigenvalue weighted by Gasteiger charge is 2.15. The average Bonchev–Trinajstić information content (AvgIpc) is 3.12. The summed E-state index contributed by atoms with van der Waals surface area (Å²) >= 11 is 7.12. The van der Waals surface area contributed by atoms with Crippen molar-refractivity contribution in [3.05, 3.63) is 47.6 Å². The van der Waals surface area contributed by atoms with Crippen LogP contribution in [0.1, 0.15) is 13.8 Å². The molecule has 3 rings (SSSR count). The van der Waals surface area contributed by atoms with Crippen LogP contribution in [0.15, 0.2) is 47.8 Å². The summed E-state index contributed by atoms with van der Waals surface area (Å²) in [6.45, 7) is 5.28. The fourth-order valence-corrected chi connectivity index (χ4v) is 3.43. The Hall–Kier alpha value is -2.58. The van der Waals surface area contributed by atoms with Crippen molar-refractivity contribution in [1.82, 2.24) is 19.7 Å². The molecule has 0 fully saturated rings. The second-order valence-electron chi connectivity index (χ2n) is 5.71. The first kappa shape index (κ1) is 20.2. The molecule has 0 radical (unpaired) electrons. The van der Waals surface area contributed by atoms with E-state index in [9.17, 15) is 4.79 Å². The van der Waals surface area contributed by atoms with Crippen LogP contribution >= 0.6 is 23.4 Å². The van der Waals surface area contributed by atoms with Crippen LogP contribution in [-0.4, -0.2) is 38.0 Å². The molecular weight excluding hydrogens is 398 g/mol. The Labute approximate surface area is 172 Å². The molecule has 0 saturated carbocycles. The van der Waals surface area contributed by atoms with E-state index in [0.717, 1.165) is 17.1 Å². The monoisotopic (exact) mass is 417 g/mol. The predicted octanol–water partition coefficient (Wildman–Crippen LogP) is 4.14. The van der Waals surface area contributed by atoms with Crippen molar-refractivity contribution in [3.8, 4) is 17.1 Å². The van der Waals surface area contributed by atoms with E-state index in [4.69, 9.17) is 16.3 Å². The predicted molar refractivity (Wildman–Crippen MR) is 111 cm³/mol. The number of pyridine rings is 1. The van der Waals surface area contributed by atoms with Gasteiger partial charge >= 0.3 is 0 Å². The number of halogens is 1. The van der Waals surface area contributed by atoms with E-state index in [-0.39, 0.29) is 11.7 Å². The smallest absolute Gasteiger partial charge is 0.236 e. The van der Waals surface area contributed by atoms with Crippen LogP contribution < -0.4 is 10.1 Å². The maximum atomic E-state index is 12.2. The molecule has 0 aliphatic carbocycles. The summed E-state index contributed by atoms with van der Waals surface area (Å²) < 4.78 is 7.46. The fourth-order valence-electron chi connectivity index (χ4n) is 2.52. The number of ether oxygens (including phenoxy) is 1. The number of amides is 1. The van der Waals surface area contributed by atoms with E-state index in [1.807, 2.05) is 42.7 Å². The summed E-state index contributed by atoms with van der Waals surface area (Å²) in [4.78, 5) is 16.2. The topological polar surface area (TPSA) is 81.9 Å². The molecule has 0 atom stereocenters. The lowest BCUT2D eigenvalue weighted by Crippen LogP contribution is -2.15. The van der Waals surface area contributed by atoms with Gasteiger partial charge in [0.05, 0.1) is 17.4 Å². The van der Waals surface area contributed by atoms with Gasteiger partial charge in [0.1, 0.15) is 11.6 Å². The maximum Gasteiger partial charge on any atom is 0.236 e. The number of hydrogen-bond acceptors (Lipinski definition) is 6. The Kier molecular flexibility index (Phi) is 6.89. The first-order valence-corrected chi connectivity index (χ1v) is 10.2. The third-order valence-electron chi connectivity index (χ3n) is 3.78. The van der Waals surface area contributed by atoms with Crippen LogP contribution in [0.2, 0.25) is 5.02 Å². The molecule has 0 unspecified atom stereocenters. The summed E-state index contributed by atoms with van der Waals surface area (Å²) in [6.07, 6.45) is 1.49. The van der Waals surface area contributed by atoms with Gasteiger partial charge in [0, 0.05) is 18.3 Å². The van der Waals surface area contributed by atoms with Crippen LogP contribution in [0.25, 0.3) is 11.4 Å². The second kappa shape index (κ2) is 9.57. The van der Waals surface area contributed by atoms with Gasteiger partial charge in [0.25, 0.3) is 0 Å². The molecule has 28 heavy (non-hydrogen) atoms. The Balaban J connectivity index is 1.66. The Morgan fingerprint density at radius 1 is 1.18 bits per heavy atom. The number of rotatable bonds is 8. The lowest BCUT2D eigenvalue weighted by Gasteiger charge is -2.08. The van der Waals surface area contributed by atoms with Gasteiger partial charge < -0.3 is 14.6 Å². The number of nitrogens with one attached hydrogen (secondary N) is 1. The minimum atomic E-state index is -0.173. The first-order valence-electron chi connectivity index (χ1n) is 8.81. The summed E-state index contributed by atoms with van der Waals surface area (Å²) in [5.74, 6) is 2.06. The van der Waals surface area contributed by atoms with Crippen molar-refractivity contribution in [2.45, 2.75) is 25.5 Å². The van der Waals surface area contributed by atoms with Crippen molar-refractivity contribution in [2.24, 2.45) is 0 Å². The van der Waals surface area contributed by atoms with Crippen LogP contribution in [-0.2, 0) is 11.3 Å². The molecule has 3 aromatic rings. The fraction of sp³-hybridized carbons (Fsp3) is 0.263. The number of nitrogens with zero attached hydrogens (tertiary/aromatic N) is 4. The minimum absolute atomic E-state index is 0.173. The normalized spacial score (nSPS) is 10.7. The average molecular weight is 418 g/mol. The summed E-state index contributed by atoms with van der Waals surface area (Å²) in [5.41, 5.74) is 0.944. The Morgan fingerprint density at radius 2 is 1.96 bits per heavy atom. The SMILES string of the molecule is CCOc1ccc(-c2nnc(SCC(=O)Nc3ccc(Cl)cn3)n2CC)cc1. The Morgan fingerprint density at radius 3 is 2.61 bits per heavy atom. The van der Waals surface area contributed by atoms with Gasteiger partial charge in [-0.25, -0.2) is 4.98 Å². The molecule has 0 aliphatic rings. The Bertz CT molecular complexity index is 929. The van der Waals surface area contributed by atoms with Crippen molar-refractivity contribution in [3.63, 3.8) is 0 Å². The molecule has 0 aliphatic heterocycles. The molecule has 146 valence electrons. The molecule has 0 bridgehead atoms. The summed E-state index contributed by atoms with van der Waals surface area (Å²) in [7, 11) is 0. The molecule has 1 amide bonds. The van der Waals surface area contributed by atoms with Crippen molar-refractivity contribution < 1.29 is 9.53 Å². The highest BCUT2D eigenvalue weighted by molar-refractivity contribution is 7.99. The number of carbonyl (C=O) groups excluding carboxylic acids is 1. The van der Waals surface area contributed by atoms with Gasteiger partial charge in [-0.1, -0.05) is 23.4 Å². The molecule has 0 spiro atoms. The number of benzene rings is 1. The van der Waals surface area contributed by atoms with Crippen LogP contribution in [0, 0.1) is 0 Å². The molecule has 1 N–H and O–H groups in total. The number of anilines is 1. The molecule has 1 aromatic carbocycles. The van der Waals surface area contributed by atoms with Gasteiger partial charge in [-0.15, -0.1) is 10.2 Å². The first-order chi connectivity index (χ1) is 13.6. The number of thioether (sulfide) groups is 1. The number of hydrogen-bond donors (Lipinski definition) is 1. The van der Waals surface area contributed by atoms with Crippen molar-refractivity contribution in [2.75, 3.05) is 17.7 Å². The van der Waals surface area contributed by atoms with Crippen LogP contribution in [0.3, 0.4) is 0 Å². The standard InChI is InChI=1S/C19H20ClN5O2S/c1-3-25-18(13-5-8-15(9-6-13)27-4-2)23-24-19(25)28-12-17(26)22-16-10-7-14(20)11-21-16/h5-11H,3-4,12H2,1-2H3,(H,21,22,26). The van der Waals surface area contributed by atoms with Crippen LogP contribution in [0.4, 0.5) is 5.82 Å². The van der Waals surface area contributed by atoms with Gasteiger partial charge in [-0.2, -0.15) is 0 Å².